The highest BCUT2D eigenvalue weighted by Gasteiger charge is 2.32. The van der Waals surface area contributed by atoms with Crippen molar-refractivity contribution in [2.24, 2.45) is 17.2 Å². The SMILES string of the molecule is CC1(C)CCC(C(NN)C2=COCCC2)CC1. The summed E-state index contributed by atoms with van der Waals surface area (Å²) in [7, 11) is 0. The maximum atomic E-state index is 5.76. The van der Waals surface area contributed by atoms with Crippen molar-refractivity contribution in [1.29, 1.82) is 0 Å². The van der Waals surface area contributed by atoms with Crippen LogP contribution in [0, 0.1) is 11.3 Å². The van der Waals surface area contributed by atoms with Crippen molar-refractivity contribution in [3.63, 3.8) is 0 Å². The van der Waals surface area contributed by atoms with Gasteiger partial charge < -0.3 is 4.74 Å². The normalized spacial score (nSPS) is 27.1. The molecular weight excluding hydrogens is 212 g/mol. The van der Waals surface area contributed by atoms with E-state index in [1.165, 1.54) is 31.3 Å². The van der Waals surface area contributed by atoms with Gasteiger partial charge in [-0.3, -0.25) is 11.3 Å². The number of nitrogens with two attached hydrogens (primary N) is 1. The van der Waals surface area contributed by atoms with Gasteiger partial charge in [-0.25, -0.2) is 0 Å². The maximum Gasteiger partial charge on any atom is 0.0876 e. The van der Waals surface area contributed by atoms with Crippen LogP contribution in [0.15, 0.2) is 11.8 Å². The first-order valence-electron chi connectivity index (χ1n) is 6.89. The van der Waals surface area contributed by atoms with Gasteiger partial charge in [0.15, 0.2) is 0 Å². The van der Waals surface area contributed by atoms with Crippen molar-refractivity contribution in [3.05, 3.63) is 11.8 Å². The lowest BCUT2D eigenvalue weighted by Crippen LogP contribution is -2.44. The summed E-state index contributed by atoms with van der Waals surface area (Å²) in [6, 6.07) is 0.325. The van der Waals surface area contributed by atoms with Crippen LogP contribution in [0.2, 0.25) is 0 Å². The number of hydrogen-bond acceptors (Lipinski definition) is 3. The fraction of sp³-hybridized carbons (Fsp3) is 0.857. The minimum atomic E-state index is 0.325. The average molecular weight is 238 g/mol. The van der Waals surface area contributed by atoms with Crippen LogP contribution in [-0.4, -0.2) is 12.6 Å². The third kappa shape index (κ3) is 3.23. The van der Waals surface area contributed by atoms with E-state index in [4.69, 9.17) is 10.6 Å². The van der Waals surface area contributed by atoms with E-state index in [1.54, 1.807) is 0 Å². The first-order valence-corrected chi connectivity index (χ1v) is 6.89. The topological polar surface area (TPSA) is 47.3 Å². The van der Waals surface area contributed by atoms with Crippen molar-refractivity contribution >= 4 is 0 Å². The molecule has 1 saturated carbocycles. The van der Waals surface area contributed by atoms with Crippen molar-refractivity contribution in [3.8, 4) is 0 Å². The maximum absolute atomic E-state index is 5.76. The Kier molecular flexibility index (Phi) is 4.10. The number of ether oxygens (including phenoxy) is 1. The summed E-state index contributed by atoms with van der Waals surface area (Å²) in [5, 5.41) is 0. The molecule has 98 valence electrons. The van der Waals surface area contributed by atoms with Gasteiger partial charge in [0, 0.05) is 6.04 Å². The van der Waals surface area contributed by atoms with Crippen LogP contribution < -0.4 is 11.3 Å². The Morgan fingerprint density at radius 1 is 1.41 bits per heavy atom. The van der Waals surface area contributed by atoms with E-state index in [2.05, 4.69) is 19.3 Å². The Morgan fingerprint density at radius 3 is 2.65 bits per heavy atom. The fourth-order valence-electron chi connectivity index (χ4n) is 3.11. The van der Waals surface area contributed by atoms with E-state index in [9.17, 15) is 0 Å². The van der Waals surface area contributed by atoms with Gasteiger partial charge in [0.2, 0.25) is 0 Å². The Bertz CT molecular complexity index is 276. The summed E-state index contributed by atoms with van der Waals surface area (Å²) in [6.07, 6.45) is 9.37. The highest BCUT2D eigenvalue weighted by molar-refractivity contribution is 5.12. The van der Waals surface area contributed by atoms with Crippen LogP contribution in [0.3, 0.4) is 0 Å². The molecule has 0 saturated heterocycles. The highest BCUT2D eigenvalue weighted by atomic mass is 16.5. The van der Waals surface area contributed by atoms with Gasteiger partial charge in [-0.1, -0.05) is 13.8 Å². The van der Waals surface area contributed by atoms with E-state index in [1.807, 2.05) is 6.26 Å². The zero-order valence-corrected chi connectivity index (χ0v) is 11.2. The summed E-state index contributed by atoms with van der Waals surface area (Å²) in [5.74, 6) is 6.44. The van der Waals surface area contributed by atoms with Crippen molar-refractivity contribution in [1.82, 2.24) is 5.43 Å². The molecule has 0 aromatic rings. The lowest BCUT2D eigenvalue weighted by molar-refractivity contribution is 0.160. The predicted molar refractivity (Wildman–Crippen MR) is 70.1 cm³/mol. The zero-order valence-electron chi connectivity index (χ0n) is 11.2. The Hall–Kier alpha value is -0.540. The zero-order chi connectivity index (χ0) is 12.3. The largest absolute Gasteiger partial charge is 0.501 e. The first-order chi connectivity index (χ1) is 8.12. The van der Waals surface area contributed by atoms with Crippen LogP contribution in [0.5, 0.6) is 0 Å². The van der Waals surface area contributed by atoms with E-state index < -0.39 is 0 Å². The molecule has 1 aliphatic heterocycles. The van der Waals surface area contributed by atoms with Gasteiger partial charge in [-0.2, -0.15) is 0 Å². The third-order valence-corrected chi connectivity index (χ3v) is 4.40. The molecule has 1 aliphatic carbocycles. The predicted octanol–water partition coefficient (Wildman–Crippen LogP) is 2.73. The molecule has 0 aromatic carbocycles. The standard InChI is InChI=1S/C14H26N2O/c1-14(2)7-5-11(6-8-14)13(16-15)12-4-3-9-17-10-12/h10-11,13,16H,3-9,15H2,1-2H3. The molecule has 1 atom stereocenters. The van der Waals surface area contributed by atoms with Crippen LogP contribution in [-0.2, 0) is 4.74 Å². The molecule has 3 nitrogen and oxygen atoms in total. The Labute approximate surface area is 105 Å². The summed E-state index contributed by atoms with van der Waals surface area (Å²) in [5.41, 5.74) is 4.91. The molecule has 0 spiro atoms. The van der Waals surface area contributed by atoms with Gasteiger partial charge in [0.25, 0.3) is 0 Å². The molecule has 1 unspecified atom stereocenters. The third-order valence-electron chi connectivity index (χ3n) is 4.40. The minimum Gasteiger partial charge on any atom is -0.501 e. The minimum absolute atomic E-state index is 0.325. The molecule has 2 rings (SSSR count). The van der Waals surface area contributed by atoms with Crippen molar-refractivity contribution < 1.29 is 4.74 Å². The highest BCUT2D eigenvalue weighted by Crippen LogP contribution is 2.40. The number of hydrazine groups is 1. The van der Waals surface area contributed by atoms with E-state index in [0.717, 1.165) is 19.4 Å². The molecule has 0 radical (unpaired) electrons. The molecule has 3 heteroatoms. The lowest BCUT2D eigenvalue weighted by Gasteiger charge is -2.39. The summed E-state index contributed by atoms with van der Waals surface area (Å²) in [4.78, 5) is 0. The first kappa shape index (κ1) is 12.9. The second kappa shape index (κ2) is 5.40. The number of hydrogen-bond donors (Lipinski definition) is 2. The molecule has 0 bridgehead atoms. The van der Waals surface area contributed by atoms with Gasteiger partial charge >= 0.3 is 0 Å². The molecule has 2 aliphatic rings. The fourth-order valence-corrected chi connectivity index (χ4v) is 3.11. The van der Waals surface area contributed by atoms with Crippen LogP contribution in [0.1, 0.15) is 52.4 Å². The Balaban J connectivity index is 1.97. The molecule has 0 amide bonds. The van der Waals surface area contributed by atoms with Gasteiger partial charge in [0.05, 0.1) is 12.9 Å². The molecule has 1 heterocycles. The number of nitrogens with one attached hydrogen (secondary N) is 1. The van der Waals surface area contributed by atoms with Crippen molar-refractivity contribution in [2.45, 2.75) is 58.4 Å². The number of rotatable bonds is 3. The quantitative estimate of drug-likeness (QED) is 0.587. The van der Waals surface area contributed by atoms with Crippen LogP contribution >= 0.6 is 0 Å². The van der Waals surface area contributed by atoms with E-state index in [-0.39, 0.29) is 0 Å². The summed E-state index contributed by atoms with van der Waals surface area (Å²) in [6.45, 7) is 5.60. The monoisotopic (exact) mass is 238 g/mol. The smallest absolute Gasteiger partial charge is 0.0876 e. The molecule has 17 heavy (non-hydrogen) atoms. The van der Waals surface area contributed by atoms with Crippen molar-refractivity contribution in [2.75, 3.05) is 6.61 Å². The molecule has 0 aromatic heterocycles. The lowest BCUT2D eigenvalue weighted by atomic mass is 9.70. The molecule has 3 N–H and O–H groups in total. The average Bonchev–Trinajstić information content (AvgIpc) is 2.33. The van der Waals surface area contributed by atoms with E-state index in [0.29, 0.717) is 17.4 Å². The Morgan fingerprint density at radius 2 is 2.12 bits per heavy atom. The van der Waals surface area contributed by atoms with E-state index >= 15 is 0 Å². The van der Waals surface area contributed by atoms with Gasteiger partial charge in [-0.05, 0) is 55.4 Å². The van der Waals surface area contributed by atoms with Gasteiger partial charge in [0.1, 0.15) is 0 Å². The second-order valence-electron chi connectivity index (χ2n) is 6.31. The summed E-state index contributed by atoms with van der Waals surface area (Å²) < 4.78 is 5.44. The summed E-state index contributed by atoms with van der Waals surface area (Å²) >= 11 is 0. The van der Waals surface area contributed by atoms with Gasteiger partial charge in [-0.15, -0.1) is 0 Å². The van der Waals surface area contributed by atoms with Crippen LogP contribution in [0.4, 0.5) is 0 Å². The molecule has 1 fully saturated rings. The molecular formula is C14H26N2O. The second-order valence-corrected chi connectivity index (χ2v) is 6.31. The van der Waals surface area contributed by atoms with Crippen LogP contribution in [0.25, 0.3) is 0 Å².